The zero-order chi connectivity index (χ0) is 31.8. The predicted molar refractivity (Wildman–Crippen MR) is 167 cm³/mol. The molecule has 3 heterocycles. The third-order valence-electron chi connectivity index (χ3n) is 9.21. The molecule has 0 aliphatic carbocycles. The summed E-state index contributed by atoms with van der Waals surface area (Å²) in [4.78, 5) is 44.1. The molecular formula is C33H44BFN4O6. The number of hydrogen-bond acceptors (Lipinski definition) is 7. The number of nitrogens with zero attached hydrogens (tertiary/aromatic N) is 2. The van der Waals surface area contributed by atoms with Crippen LogP contribution in [0.4, 0.5) is 9.18 Å². The molecule has 2 aromatic carbocycles. The summed E-state index contributed by atoms with van der Waals surface area (Å²) in [5.41, 5.74) is 2.54. The summed E-state index contributed by atoms with van der Waals surface area (Å²) in [6.45, 7) is 1.01. The number of nitrogens with one attached hydrogen (secondary N) is 2. The highest BCUT2D eigenvalue weighted by atomic mass is 19.1. The monoisotopic (exact) mass is 622 g/mol. The first-order valence-corrected chi connectivity index (χ1v) is 16.3. The number of carbonyl (C=O) groups excluding carboxylic acids is 3. The van der Waals surface area contributed by atoms with E-state index in [2.05, 4.69) is 10.6 Å². The number of benzene rings is 2. The van der Waals surface area contributed by atoms with Gasteiger partial charge in [0.25, 0.3) is 0 Å². The van der Waals surface area contributed by atoms with E-state index in [0.717, 1.165) is 56.1 Å². The Morgan fingerprint density at radius 2 is 1.56 bits per heavy atom. The van der Waals surface area contributed by atoms with Crippen LogP contribution in [-0.4, -0.2) is 75.5 Å². The van der Waals surface area contributed by atoms with Gasteiger partial charge in [0.1, 0.15) is 18.0 Å². The van der Waals surface area contributed by atoms with Gasteiger partial charge in [0.2, 0.25) is 11.8 Å². The van der Waals surface area contributed by atoms with E-state index in [1.165, 1.54) is 11.0 Å². The zero-order valence-electron chi connectivity index (χ0n) is 25.7. The lowest BCUT2D eigenvalue weighted by atomic mass is 9.76. The van der Waals surface area contributed by atoms with E-state index < -0.39 is 43.2 Å². The molecule has 0 unspecified atom stereocenters. The number of carbonyl (C=O) groups is 3. The van der Waals surface area contributed by atoms with Gasteiger partial charge in [-0.25, -0.2) is 9.18 Å². The van der Waals surface area contributed by atoms with Gasteiger partial charge < -0.3 is 30.3 Å². The average molecular weight is 623 g/mol. The predicted octanol–water partition coefficient (Wildman–Crippen LogP) is 3.43. The molecule has 0 bridgehead atoms. The molecular weight excluding hydrogens is 578 g/mol. The van der Waals surface area contributed by atoms with Gasteiger partial charge in [-0.3, -0.25) is 14.5 Å². The lowest BCUT2D eigenvalue weighted by Gasteiger charge is -2.30. The SMILES string of the molecule is O=C1N[C@H](B(O)O)CCCCCCCCC[C@H](NCc2ccccc2F)C(=O)N2C[C@H](OC(=O)N3Cc4ccccc4C3)C[C@@H]12. The van der Waals surface area contributed by atoms with Crippen LogP contribution in [-0.2, 0) is 34.0 Å². The fourth-order valence-corrected chi connectivity index (χ4v) is 6.61. The lowest BCUT2D eigenvalue weighted by molar-refractivity contribution is -0.140. The Hall–Kier alpha value is -3.48. The lowest BCUT2D eigenvalue weighted by Crippen LogP contribution is -2.56. The third kappa shape index (κ3) is 8.62. The molecule has 5 rings (SSSR count). The Balaban J connectivity index is 1.34. The summed E-state index contributed by atoms with van der Waals surface area (Å²) in [5.74, 6) is -2.10. The van der Waals surface area contributed by atoms with Crippen LogP contribution in [0, 0.1) is 5.82 Å². The molecule has 4 atom stereocenters. The second-order valence-electron chi connectivity index (χ2n) is 12.5. The molecule has 0 saturated carbocycles. The summed E-state index contributed by atoms with van der Waals surface area (Å²) >= 11 is 0. The van der Waals surface area contributed by atoms with Crippen molar-refractivity contribution < 1.29 is 33.6 Å². The standard InChI is InChI=1S/C33H44BFN4O6/c35-27-15-11-10-12-23(27)19-36-28-16-6-4-2-1-3-5-7-17-30(34(43)44)37-31(40)29-18-26(22-39(29)32(28)41)45-33(42)38-20-24-13-8-9-14-25(24)21-38/h8-15,26,28-30,36,43-44H,1-7,16-22H2,(H,37,40)/t26-,28+,29+,30+/m1/s1. The van der Waals surface area contributed by atoms with Crippen molar-refractivity contribution in [3.8, 4) is 0 Å². The number of hydrogen-bond donors (Lipinski definition) is 4. The van der Waals surface area contributed by atoms with Gasteiger partial charge in [0.15, 0.2) is 0 Å². The van der Waals surface area contributed by atoms with E-state index in [9.17, 15) is 28.8 Å². The summed E-state index contributed by atoms with van der Waals surface area (Å²) in [7, 11) is -1.75. The van der Waals surface area contributed by atoms with E-state index in [-0.39, 0.29) is 31.2 Å². The summed E-state index contributed by atoms with van der Waals surface area (Å²) in [5, 5.41) is 26.1. The van der Waals surface area contributed by atoms with Crippen molar-refractivity contribution in [3.05, 3.63) is 71.0 Å². The van der Waals surface area contributed by atoms with E-state index in [4.69, 9.17) is 4.74 Å². The van der Waals surface area contributed by atoms with Gasteiger partial charge in [0.05, 0.1) is 18.5 Å². The molecule has 45 heavy (non-hydrogen) atoms. The van der Waals surface area contributed by atoms with Crippen molar-refractivity contribution in [2.24, 2.45) is 0 Å². The van der Waals surface area contributed by atoms with Crippen LogP contribution < -0.4 is 10.6 Å². The van der Waals surface area contributed by atoms with Crippen LogP contribution in [0.1, 0.15) is 80.9 Å². The molecule has 10 nitrogen and oxygen atoms in total. The highest BCUT2D eigenvalue weighted by Gasteiger charge is 2.44. The fraction of sp³-hybridized carbons (Fsp3) is 0.545. The number of halogens is 1. The van der Waals surface area contributed by atoms with Crippen molar-refractivity contribution in [1.29, 1.82) is 0 Å². The third-order valence-corrected chi connectivity index (χ3v) is 9.21. The fourth-order valence-electron chi connectivity index (χ4n) is 6.61. The van der Waals surface area contributed by atoms with Crippen molar-refractivity contribution in [3.63, 3.8) is 0 Å². The Bertz CT molecular complexity index is 1310. The highest BCUT2D eigenvalue weighted by molar-refractivity contribution is 6.43. The van der Waals surface area contributed by atoms with E-state index >= 15 is 0 Å². The van der Waals surface area contributed by atoms with Crippen molar-refractivity contribution in [2.45, 2.75) is 108 Å². The molecule has 0 spiro atoms. The van der Waals surface area contributed by atoms with Gasteiger partial charge in [0, 0.05) is 31.6 Å². The number of amides is 3. The molecule has 3 aliphatic heterocycles. The van der Waals surface area contributed by atoms with Gasteiger partial charge in [-0.2, -0.15) is 0 Å². The molecule has 0 radical (unpaired) electrons. The van der Waals surface area contributed by atoms with Crippen LogP contribution in [0.3, 0.4) is 0 Å². The Labute approximate surface area is 264 Å². The first-order valence-electron chi connectivity index (χ1n) is 16.3. The molecule has 12 heteroatoms. The Morgan fingerprint density at radius 3 is 2.22 bits per heavy atom. The smallest absolute Gasteiger partial charge is 0.444 e. The first-order chi connectivity index (χ1) is 21.8. The van der Waals surface area contributed by atoms with Crippen LogP contribution >= 0.6 is 0 Å². The molecule has 2 fully saturated rings. The average Bonchev–Trinajstić information content (AvgIpc) is 3.66. The largest absolute Gasteiger partial charge is 0.475 e. The minimum absolute atomic E-state index is 0.0215. The Kier molecular flexibility index (Phi) is 11.5. The van der Waals surface area contributed by atoms with Gasteiger partial charge in [-0.05, 0) is 30.0 Å². The quantitative estimate of drug-likeness (QED) is 0.376. The normalized spacial score (nSPS) is 25.0. The summed E-state index contributed by atoms with van der Waals surface area (Å²) < 4.78 is 20.3. The molecule has 242 valence electrons. The second-order valence-corrected chi connectivity index (χ2v) is 12.5. The minimum atomic E-state index is -1.75. The Morgan fingerprint density at radius 1 is 0.933 bits per heavy atom. The maximum Gasteiger partial charge on any atom is 0.475 e. The van der Waals surface area contributed by atoms with Crippen LogP contribution in [0.2, 0.25) is 0 Å². The maximum absolute atomic E-state index is 14.4. The van der Waals surface area contributed by atoms with Crippen LogP contribution in [0.15, 0.2) is 48.5 Å². The topological polar surface area (TPSA) is 131 Å². The minimum Gasteiger partial charge on any atom is -0.444 e. The number of ether oxygens (including phenoxy) is 1. The number of fused-ring (bicyclic) bond motifs is 2. The molecule has 2 aromatic rings. The van der Waals surface area contributed by atoms with Crippen LogP contribution in [0.5, 0.6) is 0 Å². The zero-order valence-corrected chi connectivity index (χ0v) is 25.7. The van der Waals surface area contributed by atoms with E-state index in [0.29, 0.717) is 31.5 Å². The van der Waals surface area contributed by atoms with Crippen LogP contribution in [0.25, 0.3) is 0 Å². The molecule has 3 aliphatic rings. The van der Waals surface area contributed by atoms with Crippen molar-refractivity contribution in [1.82, 2.24) is 20.4 Å². The van der Waals surface area contributed by atoms with Gasteiger partial charge in [-0.1, -0.05) is 87.4 Å². The second kappa shape index (κ2) is 15.7. The van der Waals surface area contributed by atoms with Crippen molar-refractivity contribution >= 4 is 25.0 Å². The molecule has 3 amide bonds. The molecule has 0 aromatic heterocycles. The first kappa shape index (κ1) is 32.9. The van der Waals surface area contributed by atoms with E-state index in [1.54, 1.807) is 23.1 Å². The molecule has 4 N–H and O–H groups in total. The van der Waals surface area contributed by atoms with E-state index in [1.807, 2.05) is 24.3 Å². The highest BCUT2D eigenvalue weighted by Crippen LogP contribution is 2.27. The van der Waals surface area contributed by atoms with Gasteiger partial charge >= 0.3 is 13.2 Å². The number of rotatable bonds is 5. The maximum atomic E-state index is 14.4. The summed E-state index contributed by atoms with van der Waals surface area (Å²) in [6.07, 6.45) is 6.16. The van der Waals surface area contributed by atoms with Gasteiger partial charge in [-0.15, -0.1) is 0 Å². The molecule has 2 saturated heterocycles. The summed E-state index contributed by atoms with van der Waals surface area (Å²) in [6, 6.07) is 12.5. The van der Waals surface area contributed by atoms with Crippen molar-refractivity contribution in [2.75, 3.05) is 6.54 Å².